The fraction of sp³-hybridized carbons (Fsp3) is 0.909. The van der Waals surface area contributed by atoms with Crippen molar-refractivity contribution in [3.63, 3.8) is 0 Å². The Hall–Kier alpha value is -0.150. The zero-order valence-electron chi connectivity index (χ0n) is 13.3. The molecule has 0 heterocycles. The maximum atomic E-state index is 11.6. The first-order valence-corrected chi connectivity index (χ1v) is 9.74. The van der Waals surface area contributed by atoms with Crippen molar-refractivity contribution in [3.8, 4) is 0 Å². The molecule has 0 bridgehead atoms. The number of aldehydes is 1. The summed E-state index contributed by atoms with van der Waals surface area (Å²) in [6.07, 6.45) is -4.83. The van der Waals surface area contributed by atoms with Crippen molar-refractivity contribution in [1.29, 1.82) is 0 Å². The van der Waals surface area contributed by atoms with Crippen LogP contribution in [0.15, 0.2) is 0 Å². The summed E-state index contributed by atoms with van der Waals surface area (Å²) in [5.41, 5.74) is 0. The van der Waals surface area contributed by atoms with Crippen LogP contribution in [-0.2, 0) is 32.0 Å². The van der Waals surface area contributed by atoms with Crippen LogP contribution in [0.1, 0.15) is 34.1 Å². The maximum Gasteiger partial charge on any atom is 0.268 e. The van der Waals surface area contributed by atoms with Gasteiger partial charge in [0.15, 0.2) is 0 Å². The average molecular weight is 376 g/mol. The van der Waals surface area contributed by atoms with Crippen LogP contribution < -0.4 is 9.79 Å². The van der Waals surface area contributed by atoms with E-state index in [0.717, 1.165) is 0 Å². The molecule has 12 heteroatoms. The molecule has 0 spiro atoms. The lowest BCUT2D eigenvalue weighted by molar-refractivity contribution is -0.238. The van der Waals surface area contributed by atoms with Gasteiger partial charge in [0.25, 0.3) is 15.6 Å². The van der Waals surface area contributed by atoms with Gasteiger partial charge >= 0.3 is 0 Å². The summed E-state index contributed by atoms with van der Waals surface area (Å²) < 4.78 is 41.0. The van der Waals surface area contributed by atoms with Crippen LogP contribution in [0.5, 0.6) is 0 Å². The molecule has 0 aromatic carbocycles. The Morgan fingerprint density at radius 1 is 1.00 bits per heavy atom. The molecule has 0 aliphatic rings. The first-order chi connectivity index (χ1) is 10.4. The number of phosphoric acid groups is 2. The van der Waals surface area contributed by atoms with Gasteiger partial charge in [-0.3, -0.25) is 9.13 Å². The van der Waals surface area contributed by atoms with E-state index < -0.39 is 53.1 Å². The van der Waals surface area contributed by atoms with E-state index in [4.69, 9.17) is 0 Å². The summed E-state index contributed by atoms with van der Waals surface area (Å²) in [6.45, 7) is 4.96. The third-order valence-corrected chi connectivity index (χ3v) is 4.46. The number of rotatable bonds is 12. The lowest BCUT2D eigenvalue weighted by Crippen LogP contribution is -2.35. The van der Waals surface area contributed by atoms with Crippen molar-refractivity contribution in [2.45, 2.75) is 58.5 Å². The molecule has 2 unspecified atom stereocenters. The molecule has 0 aromatic rings. The Balaban J connectivity index is 4.74. The van der Waals surface area contributed by atoms with E-state index in [1.165, 1.54) is 27.7 Å². The number of aliphatic hydroxyl groups excluding tert-OH is 1. The molecule has 0 aliphatic carbocycles. The van der Waals surface area contributed by atoms with Crippen LogP contribution in [0, 0.1) is 0 Å². The second-order valence-corrected chi connectivity index (χ2v) is 7.79. The highest BCUT2D eigenvalue weighted by molar-refractivity contribution is 7.46. The monoisotopic (exact) mass is 376 g/mol. The van der Waals surface area contributed by atoms with Crippen molar-refractivity contribution in [3.05, 3.63) is 0 Å². The van der Waals surface area contributed by atoms with Gasteiger partial charge in [-0.25, -0.2) is 0 Å². The quantitative estimate of drug-likeness (QED) is 0.367. The summed E-state index contributed by atoms with van der Waals surface area (Å²) >= 11 is 0. The number of carbonyl (C=O) groups is 1. The van der Waals surface area contributed by atoms with E-state index in [1.54, 1.807) is 0 Å². The van der Waals surface area contributed by atoms with Crippen LogP contribution in [0.3, 0.4) is 0 Å². The normalized spacial score (nSPS) is 20.0. The highest BCUT2D eigenvalue weighted by atomic mass is 31.2. The van der Waals surface area contributed by atoms with Gasteiger partial charge in [0, 0.05) is 6.42 Å². The predicted molar refractivity (Wildman–Crippen MR) is 75.2 cm³/mol. The zero-order valence-corrected chi connectivity index (χ0v) is 15.1. The number of aliphatic hydroxyl groups is 1. The standard InChI is InChI=1S/C11H24O10P2/c1-8(2)19-22(14,15)18-7-10(13)11(5-6-12)21-23(16,17)20-9(3)4/h6,8-11,13H,5,7H2,1-4H3,(H,14,15)(H,16,17)/p-2/t10-,11-/m1/s1. The third-order valence-electron chi connectivity index (χ3n) is 2.11. The van der Waals surface area contributed by atoms with Crippen LogP contribution in [0.4, 0.5) is 0 Å². The van der Waals surface area contributed by atoms with E-state index >= 15 is 0 Å². The Bertz CT molecular complexity index is 452. The fourth-order valence-electron chi connectivity index (χ4n) is 1.38. The molecule has 10 nitrogen and oxygen atoms in total. The second-order valence-electron chi connectivity index (χ2n) is 5.11. The van der Waals surface area contributed by atoms with Crippen molar-refractivity contribution >= 4 is 21.9 Å². The zero-order chi connectivity index (χ0) is 18.3. The molecule has 138 valence electrons. The van der Waals surface area contributed by atoms with Gasteiger partial charge in [-0.15, -0.1) is 0 Å². The van der Waals surface area contributed by atoms with Crippen LogP contribution in [0.2, 0.25) is 0 Å². The van der Waals surface area contributed by atoms with Gasteiger partial charge < -0.3 is 37.8 Å². The molecule has 0 saturated carbocycles. The molecule has 0 aliphatic heterocycles. The largest absolute Gasteiger partial charge is 0.756 e. The van der Waals surface area contributed by atoms with E-state index in [2.05, 4.69) is 18.1 Å². The minimum atomic E-state index is -4.78. The molecule has 0 amide bonds. The number of hydrogen-bond acceptors (Lipinski definition) is 10. The smallest absolute Gasteiger partial charge is 0.268 e. The van der Waals surface area contributed by atoms with Gasteiger partial charge in [-0.1, -0.05) is 0 Å². The van der Waals surface area contributed by atoms with Crippen LogP contribution in [-0.4, -0.2) is 42.4 Å². The van der Waals surface area contributed by atoms with Crippen LogP contribution in [0.25, 0.3) is 0 Å². The Morgan fingerprint density at radius 3 is 1.91 bits per heavy atom. The minimum Gasteiger partial charge on any atom is -0.756 e. The SMILES string of the molecule is CC(C)OP(=O)([O-])OC[C@@H](O)[C@@H](CC=O)OP(=O)([O-])OC(C)C. The van der Waals surface area contributed by atoms with E-state index in [-0.39, 0.29) is 0 Å². The average Bonchev–Trinajstić information content (AvgIpc) is 2.32. The summed E-state index contributed by atoms with van der Waals surface area (Å²) in [5, 5.41) is 9.79. The van der Waals surface area contributed by atoms with Gasteiger partial charge in [0.05, 0.1) is 18.8 Å². The molecule has 0 aromatic heterocycles. The van der Waals surface area contributed by atoms with Crippen molar-refractivity contribution < 1.29 is 46.9 Å². The molecule has 0 saturated heterocycles. The number of phosphoric ester groups is 2. The molecule has 0 rings (SSSR count). The lowest BCUT2D eigenvalue weighted by Gasteiger charge is -2.32. The minimum absolute atomic E-state index is 0.310. The van der Waals surface area contributed by atoms with Crippen molar-refractivity contribution in [1.82, 2.24) is 0 Å². The van der Waals surface area contributed by atoms with Gasteiger partial charge in [0.1, 0.15) is 18.5 Å². The molecular weight excluding hydrogens is 354 g/mol. The molecule has 4 atom stereocenters. The summed E-state index contributed by atoms with van der Waals surface area (Å²) in [4.78, 5) is 33.5. The van der Waals surface area contributed by atoms with Gasteiger partial charge in [0.2, 0.25) is 0 Å². The number of hydrogen-bond donors (Lipinski definition) is 1. The van der Waals surface area contributed by atoms with E-state index in [9.17, 15) is 28.8 Å². The van der Waals surface area contributed by atoms with Gasteiger partial charge in [-0.2, -0.15) is 0 Å². The first kappa shape index (κ1) is 22.9. The Labute approximate surface area is 134 Å². The first-order valence-electron chi connectivity index (χ1n) is 6.82. The summed E-state index contributed by atoms with van der Waals surface area (Å²) in [6, 6.07) is 0. The van der Waals surface area contributed by atoms with E-state index in [1.807, 2.05) is 0 Å². The molecule has 0 fully saturated rings. The molecule has 0 radical (unpaired) electrons. The highest BCUT2D eigenvalue weighted by Gasteiger charge is 2.27. The van der Waals surface area contributed by atoms with E-state index in [0.29, 0.717) is 6.29 Å². The molecule has 1 N–H and O–H groups in total. The predicted octanol–water partition coefficient (Wildman–Crippen LogP) is 0.125. The lowest BCUT2D eigenvalue weighted by atomic mass is 10.2. The Kier molecular flexibility index (Phi) is 9.92. The fourth-order valence-corrected chi connectivity index (χ4v) is 3.41. The van der Waals surface area contributed by atoms with Crippen molar-refractivity contribution in [2.75, 3.05) is 6.61 Å². The Morgan fingerprint density at radius 2 is 1.48 bits per heavy atom. The molecular formula is C11H22O10P2-2. The topological polar surface area (TPSA) is 154 Å². The van der Waals surface area contributed by atoms with Crippen molar-refractivity contribution in [2.24, 2.45) is 0 Å². The third kappa shape index (κ3) is 11.1. The maximum absolute atomic E-state index is 11.6. The summed E-state index contributed by atoms with van der Waals surface area (Å²) in [5.74, 6) is 0. The summed E-state index contributed by atoms with van der Waals surface area (Å²) in [7, 11) is -9.45. The second kappa shape index (κ2) is 9.98. The van der Waals surface area contributed by atoms with Gasteiger partial charge in [-0.05, 0) is 27.7 Å². The number of carbonyl (C=O) groups excluding carboxylic acids is 1. The molecule has 23 heavy (non-hydrogen) atoms. The highest BCUT2D eigenvalue weighted by Crippen LogP contribution is 2.43. The van der Waals surface area contributed by atoms with Crippen LogP contribution >= 0.6 is 15.6 Å².